The lowest BCUT2D eigenvalue weighted by Crippen LogP contribution is -2.49. The third-order valence-corrected chi connectivity index (χ3v) is 6.73. The first kappa shape index (κ1) is 19.7. The summed E-state index contributed by atoms with van der Waals surface area (Å²) in [5.41, 5.74) is 1.000. The molecule has 0 amide bonds. The van der Waals surface area contributed by atoms with E-state index in [1.54, 1.807) is 0 Å². The Morgan fingerprint density at radius 1 is 1.42 bits per heavy atom. The molecule has 0 radical (unpaired) electrons. The molecule has 0 bridgehead atoms. The number of alkyl halides is 1. The van der Waals surface area contributed by atoms with E-state index in [0.29, 0.717) is 9.99 Å². The highest BCUT2D eigenvalue weighted by Gasteiger charge is 2.33. The van der Waals surface area contributed by atoms with Crippen molar-refractivity contribution in [2.45, 2.75) is 38.4 Å². The fourth-order valence-electron chi connectivity index (χ4n) is 3.07. The van der Waals surface area contributed by atoms with Crippen LogP contribution in [0.4, 0.5) is 14.7 Å². The minimum Gasteiger partial charge on any atom is -0.347 e. The first-order valence-corrected chi connectivity index (χ1v) is 11.1. The number of halogens is 3. The number of rotatable bonds is 4. The van der Waals surface area contributed by atoms with Crippen LogP contribution in [0.3, 0.4) is 0 Å². The van der Waals surface area contributed by atoms with E-state index in [0.717, 1.165) is 16.3 Å². The number of nitrogens with one attached hydrogen (secondary N) is 1. The van der Waals surface area contributed by atoms with Gasteiger partial charge in [-0.3, -0.25) is 0 Å². The van der Waals surface area contributed by atoms with Crippen LogP contribution >= 0.6 is 22.6 Å². The van der Waals surface area contributed by atoms with E-state index in [4.69, 9.17) is 0 Å². The molecule has 2 aromatic rings. The molecule has 0 saturated carbocycles. The Labute approximate surface area is 164 Å². The second kappa shape index (κ2) is 7.15. The summed E-state index contributed by atoms with van der Waals surface area (Å²) < 4.78 is 55.0. The summed E-state index contributed by atoms with van der Waals surface area (Å²) >= 11 is 1.95. The Morgan fingerprint density at radius 3 is 2.69 bits per heavy atom. The zero-order valence-electron chi connectivity index (χ0n) is 14.6. The van der Waals surface area contributed by atoms with Crippen LogP contribution in [0.2, 0.25) is 0 Å². The van der Waals surface area contributed by atoms with E-state index in [-0.39, 0.29) is 36.3 Å². The maximum atomic E-state index is 14.4. The van der Waals surface area contributed by atoms with E-state index in [1.165, 1.54) is 10.7 Å². The number of hydrogen-bond acceptors (Lipinski definition) is 5. The Kier molecular flexibility index (Phi) is 5.41. The molecule has 0 spiro atoms. The molecule has 144 valence electrons. The van der Waals surface area contributed by atoms with Crippen molar-refractivity contribution in [3.05, 3.63) is 21.3 Å². The molecular formula is C15H20F2IN5O2S. The minimum absolute atomic E-state index is 0.0496. The average molecular weight is 499 g/mol. The second-order valence-corrected chi connectivity index (χ2v) is 9.78. The maximum Gasteiger partial charge on any atom is 0.241 e. The van der Waals surface area contributed by atoms with Crippen LogP contribution in [0.25, 0.3) is 5.52 Å². The van der Waals surface area contributed by atoms with E-state index in [2.05, 4.69) is 15.4 Å². The van der Waals surface area contributed by atoms with Crippen LogP contribution in [-0.2, 0) is 10.0 Å². The Hall–Kier alpha value is -1.08. The quantitative estimate of drug-likeness (QED) is 0.654. The molecule has 11 heteroatoms. The number of sulfonamides is 1. The van der Waals surface area contributed by atoms with Crippen molar-refractivity contribution in [2.75, 3.05) is 24.7 Å². The van der Waals surface area contributed by atoms with Crippen LogP contribution in [0.15, 0.2) is 6.20 Å². The molecule has 26 heavy (non-hydrogen) atoms. The summed E-state index contributed by atoms with van der Waals surface area (Å²) in [4.78, 5) is 4.09. The van der Waals surface area contributed by atoms with E-state index < -0.39 is 22.2 Å². The number of anilines is 1. The largest absolute Gasteiger partial charge is 0.347 e. The molecule has 1 aliphatic rings. The van der Waals surface area contributed by atoms with Crippen LogP contribution < -0.4 is 5.32 Å². The van der Waals surface area contributed by atoms with Gasteiger partial charge in [-0.15, -0.1) is 5.10 Å². The van der Waals surface area contributed by atoms with Crippen molar-refractivity contribution in [3.8, 4) is 0 Å². The zero-order chi connectivity index (χ0) is 19.2. The van der Waals surface area contributed by atoms with Crippen LogP contribution in [0, 0.1) is 9.39 Å². The molecule has 0 aromatic carbocycles. The topological polar surface area (TPSA) is 79.6 Å². The standard InChI is InChI=1S/C15H20F2IN5O2S/c1-8(2)14-13(18)12(17)11-6-19-15(21-23(11)14)20-10-4-5-22(7-9(10)16)26(3,24)25/h6,8-10H,4-5,7H2,1-3H3,(H,20,21)/t9-,10-/m1/s1. The molecule has 1 aliphatic heterocycles. The molecule has 0 unspecified atom stereocenters. The number of hydrogen-bond donors (Lipinski definition) is 1. The summed E-state index contributed by atoms with van der Waals surface area (Å²) in [6.07, 6.45) is 1.35. The van der Waals surface area contributed by atoms with Gasteiger partial charge in [-0.1, -0.05) is 13.8 Å². The summed E-state index contributed by atoms with van der Waals surface area (Å²) in [6.45, 7) is 3.91. The molecule has 3 rings (SSSR count). The van der Waals surface area contributed by atoms with E-state index >= 15 is 0 Å². The maximum absolute atomic E-state index is 14.4. The van der Waals surface area contributed by atoms with Crippen LogP contribution in [0.1, 0.15) is 31.9 Å². The van der Waals surface area contributed by atoms with Crippen molar-refractivity contribution in [3.63, 3.8) is 0 Å². The summed E-state index contributed by atoms with van der Waals surface area (Å²) in [5.74, 6) is -0.134. The molecule has 1 N–H and O–H groups in total. The van der Waals surface area contributed by atoms with Gasteiger partial charge >= 0.3 is 0 Å². The highest BCUT2D eigenvalue weighted by Crippen LogP contribution is 2.29. The molecule has 7 nitrogen and oxygen atoms in total. The van der Waals surface area contributed by atoms with Crippen molar-refractivity contribution >= 4 is 44.1 Å². The third-order valence-electron chi connectivity index (χ3n) is 4.44. The smallest absolute Gasteiger partial charge is 0.241 e. The minimum atomic E-state index is -3.41. The van der Waals surface area contributed by atoms with Crippen molar-refractivity contribution < 1.29 is 17.2 Å². The number of nitrogens with zero attached hydrogens (tertiary/aromatic N) is 4. The molecular weight excluding hydrogens is 479 g/mol. The lowest BCUT2D eigenvalue weighted by Gasteiger charge is -2.33. The second-order valence-electron chi connectivity index (χ2n) is 6.72. The fraction of sp³-hybridized carbons (Fsp3) is 0.600. The SMILES string of the molecule is CC(C)c1c(I)c(F)c2cnc(N[C@@H]3CCN(S(C)(=O)=O)C[C@H]3F)nn12. The number of piperidine rings is 1. The van der Waals surface area contributed by atoms with Gasteiger partial charge in [0.1, 0.15) is 11.7 Å². The molecule has 2 aromatic heterocycles. The predicted molar refractivity (Wildman–Crippen MR) is 103 cm³/mol. The van der Waals surface area contributed by atoms with Crippen molar-refractivity contribution in [1.82, 2.24) is 18.9 Å². The highest BCUT2D eigenvalue weighted by atomic mass is 127. The van der Waals surface area contributed by atoms with Crippen molar-refractivity contribution in [1.29, 1.82) is 0 Å². The number of fused-ring (bicyclic) bond motifs is 1. The Balaban J connectivity index is 1.85. The van der Waals surface area contributed by atoms with E-state index in [9.17, 15) is 17.2 Å². The van der Waals surface area contributed by atoms with Gasteiger partial charge in [0.05, 0.1) is 27.8 Å². The molecule has 0 aliphatic carbocycles. The summed E-state index contributed by atoms with van der Waals surface area (Å²) in [7, 11) is -3.41. The lowest BCUT2D eigenvalue weighted by atomic mass is 10.1. The van der Waals surface area contributed by atoms with Gasteiger partial charge in [0.25, 0.3) is 0 Å². The Bertz CT molecular complexity index is 934. The zero-order valence-corrected chi connectivity index (χ0v) is 17.6. The van der Waals surface area contributed by atoms with E-state index in [1.807, 2.05) is 36.4 Å². The Morgan fingerprint density at radius 2 is 2.12 bits per heavy atom. The first-order chi connectivity index (χ1) is 12.1. The molecule has 2 atom stereocenters. The normalized spacial score (nSPS) is 22.3. The van der Waals surface area contributed by atoms with Gasteiger partial charge < -0.3 is 5.32 Å². The molecule has 1 fully saturated rings. The van der Waals surface area contributed by atoms with Gasteiger partial charge in [-0.05, 0) is 34.9 Å². The number of aromatic nitrogens is 3. The van der Waals surface area contributed by atoms with Gasteiger partial charge in [-0.25, -0.2) is 26.7 Å². The molecule has 1 saturated heterocycles. The van der Waals surface area contributed by atoms with Gasteiger partial charge in [-0.2, -0.15) is 4.31 Å². The lowest BCUT2D eigenvalue weighted by molar-refractivity contribution is 0.186. The fourth-order valence-corrected chi connectivity index (χ4v) is 5.05. The summed E-state index contributed by atoms with van der Waals surface area (Å²) in [6, 6.07) is -0.604. The first-order valence-electron chi connectivity index (χ1n) is 8.18. The third kappa shape index (κ3) is 3.65. The van der Waals surface area contributed by atoms with Crippen molar-refractivity contribution in [2.24, 2.45) is 0 Å². The monoisotopic (exact) mass is 499 g/mol. The van der Waals surface area contributed by atoms with Crippen LogP contribution in [0.5, 0.6) is 0 Å². The van der Waals surface area contributed by atoms with Gasteiger partial charge in [0.2, 0.25) is 16.0 Å². The van der Waals surface area contributed by atoms with Crippen LogP contribution in [-0.4, -0.2) is 58.9 Å². The van der Waals surface area contributed by atoms with Gasteiger partial charge in [0, 0.05) is 13.1 Å². The summed E-state index contributed by atoms with van der Waals surface area (Å²) in [5, 5.41) is 7.25. The highest BCUT2D eigenvalue weighted by molar-refractivity contribution is 14.1. The predicted octanol–water partition coefficient (Wildman–Crippen LogP) is 2.38. The van der Waals surface area contributed by atoms with Gasteiger partial charge in [0.15, 0.2) is 5.82 Å². The average Bonchev–Trinajstić information content (AvgIpc) is 2.79. The molecule has 3 heterocycles.